The Balaban J connectivity index is 1.78. The van der Waals surface area contributed by atoms with Gasteiger partial charge in [0, 0.05) is 19.0 Å². The summed E-state index contributed by atoms with van der Waals surface area (Å²) in [4.78, 5) is 27.0. The van der Waals surface area contributed by atoms with Crippen molar-refractivity contribution >= 4 is 17.5 Å². The van der Waals surface area contributed by atoms with Crippen molar-refractivity contribution < 1.29 is 23.5 Å². The number of hydrogen-bond donors (Lipinski definition) is 1. The fourth-order valence-corrected chi connectivity index (χ4v) is 3.30. The van der Waals surface area contributed by atoms with E-state index in [0.717, 1.165) is 5.56 Å². The van der Waals surface area contributed by atoms with Gasteiger partial charge < -0.3 is 19.7 Å². The van der Waals surface area contributed by atoms with Crippen LogP contribution in [-0.4, -0.2) is 37.0 Å². The van der Waals surface area contributed by atoms with Crippen LogP contribution >= 0.6 is 0 Å². The molecule has 1 saturated heterocycles. The molecule has 0 aliphatic carbocycles. The maximum absolute atomic E-state index is 13.1. The predicted molar refractivity (Wildman–Crippen MR) is 103 cm³/mol. The minimum atomic E-state index is -0.599. The highest BCUT2D eigenvalue weighted by atomic mass is 19.1. The number of piperidine rings is 1. The van der Waals surface area contributed by atoms with Crippen LogP contribution in [0.5, 0.6) is 11.5 Å². The van der Waals surface area contributed by atoms with Crippen molar-refractivity contribution in [1.29, 1.82) is 0 Å². The molecule has 6 nitrogen and oxygen atoms in total. The topological polar surface area (TPSA) is 67.9 Å². The monoisotopic (exact) mass is 386 g/mol. The number of ether oxygens (including phenoxy) is 2. The number of methoxy groups -OCH3 is 2. The molecule has 0 saturated carbocycles. The quantitative estimate of drug-likeness (QED) is 0.827. The van der Waals surface area contributed by atoms with Crippen LogP contribution in [0.1, 0.15) is 24.8 Å². The van der Waals surface area contributed by atoms with Crippen LogP contribution in [0.25, 0.3) is 0 Å². The number of benzene rings is 2. The second-order valence-corrected chi connectivity index (χ2v) is 6.61. The molecule has 1 heterocycles. The number of rotatable bonds is 6. The standard InChI is InChI=1S/C21H23FN2O4/c1-27-16-10-11-17(19(12-16)28-2)23-21(26)18-4-3-5-20(25)24(18)13-14-6-8-15(22)9-7-14/h6-12,18H,3-5,13H2,1-2H3,(H,23,26). The third-order valence-corrected chi connectivity index (χ3v) is 4.80. The van der Waals surface area contributed by atoms with Gasteiger partial charge in [-0.05, 0) is 42.7 Å². The van der Waals surface area contributed by atoms with Crippen LogP contribution in [0.15, 0.2) is 42.5 Å². The zero-order valence-electron chi connectivity index (χ0n) is 15.9. The Kier molecular flexibility index (Phi) is 6.13. The number of nitrogens with one attached hydrogen (secondary N) is 1. The minimum absolute atomic E-state index is 0.0857. The summed E-state index contributed by atoms with van der Waals surface area (Å²) in [5.41, 5.74) is 1.28. The molecule has 1 aliphatic heterocycles. The van der Waals surface area contributed by atoms with Gasteiger partial charge in [0.25, 0.3) is 0 Å². The van der Waals surface area contributed by atoms with Gasteiger partial charge in [-0.2, -0.15) is 0 Å². The first-order valence-corrected chi connectivity index (χ1v) is 9.08. The maximum atomic E-state index is 13.1. The van der Waals surface area contributed by atoms with Gasteiger partial charge in [0.05, 0.1) is 19.9 Å². The van der Waals surface area contributed by atoms with Gasteiger partial charge in [-0.1, -0.05) is 12.1 Å². The third-order valence-electron chi connectivity index (χ3n) is 4.80. The van der Waals surface area contributed by atoms with Gasteiger partial charge >= 0.3 is 0 Å². The fraction of sp³-hybridized carbons (Fsp3) is 0.333. The third kappa shape index (κ3) is 4.42. The lowest BCUT2D eigenvalue weighted by Crippen LogP contribution is -2.49. The zero-order valence-corrected chi connectivity index (χ0v) is 15.9. The largest absolute Gasteiger partial charge is 0.497 e. The molecule has 7 heteroatoms. The van der Waals surface area contributed by atoms with Gasteiger partial charge in [0.15, 0.2) is 0 Å². The summed E-state index contributed by atoms with van der Waals surface area (Å²) < 4.78 is 23.6. The van der Waals surface area contributed by atoms with E-state index in [1.807, 2.05) is 0 Å². The Morgan fingerprint density at radius 3 is 2.61 bits per heavy atom. The molecule has 1 atom stereocenters. The van der Waals surface area contributed by atoms with Crippen molar-refractivity contribution in [3.63, 3.8) is 0 Å². The maximum Gasteiger partial charge on any atom is 0.247 e. The van der Waals surface area contributed by atoms with Crippen molar-refractivity contribution in [1.82, 2.24) is 4.90 Å². The molecular formula is C21H23FN2O4. The van der Waals surface area contributed by atoms with Gasteiger partial charge in [-0.25, -0.2) is 4.39 Å². The molecule has 1 aliphatic rings. The van der Waals surface area contributed by atoms with Gasteiger partial charge in [0.1, 0.15) is 23.4 Å². The van der Waals surface area contributed by atoms with Crippen LogP contribution in [0.2, 0.25) is 0 Å². The normalized spacial score (nSPS) is 16.6. The van der Waals surface area contributed by atoms with E-state index in [1.54, 1.807) is 42.3 Å². The summed E-state index contributed by atoms with van der Waals surface area (Å²) in [6, 6.07) is 10.4. The highest BCUT2D eigenvalue weighted by molar-refractivity contribution is 5.98. The number of carbonyl (C=O) groups excluding carboxylic acids is 2. The van der Waals surface area contributed by atoms with E-state index in [0.29, 0.717) is 36.4 Å². The minimum Gasteiger partial charge on any atom is -0.497 e. The number of carbonyl (C=O) groups is 2. The lowest BCUT2D eigenvalue weighted by Gasteiger charge is -2.34. The van der Waals surface area contributed by atoms with Gasteiger partial charge in [0.2, 0.25) is 11.8 Å². The van der Waals surface area contributed by atoms with E-state index in [1.165, 1.54) is 19.2 Å². The summed E-state index contributed by atoms with van der Waals surface area (Å²) in [5, 5.41) is 2.85. The summed E-state index contributed by atoms with van der Waals surface area (Å²) in [6.07, 6.45) is 1.62. The van der Waals surface area contributed by atoms with E-state index in [2.05, 4.69) is 5.32 Å². The highest BCUT2D eigenvalue weighted by Gasteiger charge is 2.33. The number of halogens is 1. The van der Waals surface area contributed by atoms with Crippen molar-refractivity contribution in [2.75, 3.05) is 19.5 Å². The fourth-order valence-electron chi connectivity index (χ4n) is 3.30. The second kappa shape index (κ2) is 8.73. The van der Waals surface area contributed by atoms with E-state index < -0.39 is 6.04 Å². The number of likely N-dealkylation sites (tertiary alicyclic amines) is 1. The average molecular weight is 386 g/mol. The Morgan fingerprint density at radius 1 is 1.18 bits per heavy atom. The molecule has 1 fully saturated rings. The van der Waals surface area contributed by atoms with Crippen LogP contribution in [0, 0.1) is 5.82 Å². The smallest absolute Gasteiger partial charge is 0.247 e. The molecular weight excluding hydrogens is 363 g/mol. The van der Waals surface area contributed by atoms with Crippen LogP contribution < -0.4 is 14.8 Å². The summed E-state index contributed by atoms with van der Waals surface area (Å²) in [5.74, 6) is 0.381. The van der Waals surface area contributed by atoms with Crippen LogP contribution in [0.3, 0.4) is 0 Å². The van der Waals surface area contributed by atoms with Crippen molar-refractivity contribution in [3.05, 3.63) is 53.8 Å². The lowest BCUT2D eigenvalue weighted by atomic mass is 9.99. The van der Waals surface area contributed by atoms with E-state index in [-0.39, 0.29) is 24.2 Å². The zero-order chi connectivity index (χ0) is 20.1. The van der Waals surface area contributed by atoms with Gasteiger partial charge in [-0.15, -0.1) is 0 Å². The molecule has 3 rings (SSSR count). The Labute approximate surface area is 163 Å². The molecule has 0 spiro atoms. The Morgan fingerprint density at radius 2 is 1.93 bits per heavy atom. The van der Waals surface area contributed by atoms with E-state index in [4.69, 9.17) is 9.47 Å². The van der Waals surface area contributed by atoms with Crippen molar-refractivity contribution in [2.24, 2.45) is 0 Å². The molecule has 28 heavy (non-hydrogen) atoms. The first-order chi connectivity index (χ1) is 13.5. The summed E-state index contributed by atoms with van der Waals surface area (Å²) in [6.45, 7) is 0.261. The second-order valence-electron chi connectivity index (χ2n) is 6.61. The molecule has 0 radical (unpaired) electrons. The van der Waals surface area contributed by atoms with Crippen LogP contribution in [-0.2, 0) is 16.1 Å². The molecule has 1 unspecified atom stereocenters. The summed E-state index contributed by atoms with van der Waals surface area (Å²) >= 11 is 0. The molecule has 2 aromatic carbocycles. The molecule has 2 aromatic rings. The Hall–Kier alpha value is -3.09. The molecule has 2 amide bonds. The van der Waals surface area contributed by atoms with Crippen molar-refractivity contribution in [2.45, 2.75) is 31.8 Å². The predicted octanol–water partition coefficient (Wildman–Crippen LogP) is 3.36. The lowest BCUT2D eigenvalue weighted by molar-refractivity contribution is -0.142. The van der Waals surface area contributed by atoms with E-state index in [9.17, 15) is 14.0 Å². The number of hydrogen-bond acceptors (Lipinski definition) is 4. The SMILES string of the molecule is COc1ccc(NC(=O)C2CCCC(=O)N2Cc2ccc(F)cc2)c(OC)c1. The number of nitrogens with zero attached hydrogens (tertiary/aromatic N) is 1. The van der Waals surface area contributed by atoms with Gasteiger partial charge in [-0.3, -0.25) is 9.59 Å². The molecule has 1 N–H and O–H groups in total. The Bertz CT molecular complexity index is 854. The molecule has 0 aromatic heterocycles. The summed E-state index contributed by atoms with van der Waals surface area (Å²) in [7, 11) is 3.06. The molecule has 148 valence electrons. The number of anilines is 1. The first-order valence-electron chi connectivity index (χ1n) is 9.08. The number of amides is 2. The van der Waals surface area contributed by atoms with E-state index >= 15 is 0 Å². The van der Waals surface area contributed by atoms with Crippen molar-refractivity contribution in [3.8, 4) is 11.5 Å². The average Bonchev–Trinajstić information content (AvgIpc) is 2.71. The highest BCUT2D eigenvalue weighted by Crippen LogP contribution is 2.30. The van der Waals surface area contributed by atoms with Crippen LogP contribution in [0.4, 0.5) is 10.1 Å². The first kappa shape index (κ1) is 19.7. The molecule has 0 bridgehead atoms.